The molecule has 0 N–H and O–H groups in total. The predicted molar refractivity (Wildman–Crippen MR) is 83.1 cm³/mol. The molecule has 0 amide bonds. The van der Waals surface area contributed by atoms with Crippen LogP contribution in [0.15, 0.2) is 16.6 Å². The topological polar surface area (TPSA) is 18.5 Å². The van der Waals surface area contributed by atoms with Crippen LogP contribution < -0.4 is 0 Å². The van der Waals surface area contributed by atoms with Crippen LogP contribution in [-0.2, 0) is 14.9 Å². The predicted octanol–water partition coefficient (Wildman–Crippen LogP) is 4.78. The number of allylic oxidation sites excluding steroid dienone is 1. The van der Waals surface area contributed by atoms with E-state index in [-0.39, 0.29) is 16.3 Å². The Morgan fingerprint density at radius 1 is 1.10 bits per heavy atom. The quantitative estimate of drug-likeness (QED) is 0.651. The molecule has 1 aromatic rings. The number of ether oxygens (including phenoxy) is 2. The minimum Gasteiger partial charge on any atom is -0.348 e. The van der Waals surface area contributed by atoms with Gasteiger partial charge in [0.1, 0.15) is 5.82 Å². The van der Waals surface area contributed by atoms with Gasteiger partial charge in [-0.2, -0.15) is 0 Å². The van der Waals surface area contributed by atoms with Crippen molar-refractivity contribution in [1.29, 1.82) is 0 Å². The van der Waals surface area contributed by atoms with E-state index in [9.17, 15) is 4.39 Å². The molecule has 0 bridgehead atoms. The second kappa shape index (κ2) is 4.79. The summed E-state index contributed by atoms with van der Waals surface area (Å²) in [6.07, 6.45) is 5.50. The van der Waals surface area contributed by atoms with Gasteiger partial charge >= 0.3 is 0 Å². The van der Waals surface area contributed by atoms with Gasteiger partial charge in [-0.1, -0.05) is 33.6 Å². The van der Waals surface area contributed by atoms with Crippen molar-refractivity contribution in [1.82, 2.24) is 0 Å². The number of hydrogen-bond donors (Lipinski definition) is 0. The third kappa shape index (κ3) is 1.96. The highest BCUT2D eigenvalue weighted by Gasteiger charge is 2.50. The highest BCUT2D eigenvalue weighted by molar-refractivity contribution is 9.11. The van der Waals surface area contributed by atoms with Crippen LogP contribution in [0.2, 0.25) is 5.02 Å². The third-order valence-electron chi connectivity index (χ3n) is 5.06. The van der Waals surface area contributed by atoms with Gasteiger partial charge in [-0.15, -0.1) is 0 Å². The van der Waals surface area contributed by atoms with Gasteiger partial charge in [0.25, 0.3) is 0 Å². The van der Waals surface area contributed by atoms with Crippen molar-refractivity contribution in [3.05, 3.63) is 38.6 Å². The van der Waals surface area contributed by atoms with Crippen LogP contribution in [0.25, 0.3) is 6.08 Å². The molecule has 1 heterocycles. The molecule has 1 aromatic carbocycles. The fourth-order valence-corrected chi connectivity index (χ4v) is 4.93. The lowest BCUT2D eigenvalue weighted by molar-refractivity contribution is -0.182. The van der Waals surface area contributed by atoms with Gasteiger partial charge in [0.05, 0.1) is 18.2 Å². The lowest BCUT2D eigenvalue weighted by Crippen LogP contribution is -2.41. The fourth-order valence-electron chi connectivity index (χ4n) is 3.87. The maximum absolute atomic E-state index is 13.7. The Labute approximate surface area is 136 Å². The zero-order valence-corrected chi connectivity index (χ0v) is 13.8. The first kappa shape index (κ1) is 14.2. The Morgan fingerprint density at radius 2 is 1.76 bits per heavy atom. The van der Waals surface area contributed by atoms with E-state index in [4.69, 9.17) is 21.1 Å². The summed E-state index contributed by atoms with van der Waals surface area (Å²) in [5.74, 6) is -0.760. The molecule has 2 nitrogen and oxygen atoms in total. The summed E-state index contributed by atoms with van der Waals surface area (Å²) in [5.41, 5.74) is 1.83. The maximum atomic E-state index is 13.7. The lowest BCUT2D eigenvalue weighted by Gasteiger charge is -2.42. The van der Waals surface area contributed by atoms with Crippen molar-refractivity contribution in [2.24, 2.45) is 0 Å². The maximum Gasteiger partial charge on any atom is 0.168 e. The van der Waals surface area contributed by atoms with Crippen LogP contribution in [0.1, 0.15) is 36.8 Å². The molecule has 2 spiro atoms. The lowest BCUT2D eigenvalue weighted by atomic mass is 9.69. The fraction of sp³-hybridized carbons (Fsp3) is 0.500. The number of rotatable bonds is 0. The van der Waals surface area contributed by atoms with E-state index in [1.807, 2.05) is 12.1 Å². The molecule has 0 radical (unpaired) electrons. The molecule has 1 aliphatic heterocycles. The third-order valence-corrected chi connectivity index (χ3v) is 6.43. The number of fused-ring (bicyclic) bond motifs is 2. The molecule has 21 heavy (non-hydrogen) atoms. The first-order chi connectivity index (χ1) is 10.1. The van der Waals surface area contributed by atoms with Gasteiger partial charge in [-0.05, 0) is 30.5 Å². The number of halogens is 3. The largest absolute Gasteiger partial charge is 0.348 e. The van der Waals surface area contributed by atoms with Crippen molar-refractivity contribution in [3.63, 3.8) is 0 Å². The standard InChI is InChI=1S/C16H15BrClFO2/c17-13-9-10-11(1-2-12(19)14(10)18)15(13)3-5-16(6-4-15)20-7-8-21-16/h1-2,9H,3-8H2. The molecule has 1 saturated carbocycles. The molecular weight excluding hydrogens is 359 g/mol. The summed E-state index contributed by atoms with van der Waals surface area (Å²) in [6, 6.07) is 3.34. The van der Waals surface area contributed by atoms with Crippen molar-refractivity contribution >= 4 is 33.6 Å². The minimum atomic E-state index is -0.398. The van der Waals surface area contributed by atoms with Crippen molar-refractivity contribution in [3.8, 4) is 0 Å². The average Bonchev–Trinajstić information content (AvgIpc) is 3.03. The SMILES string of the molecule is Fc1ccc2c(c1Cl)C=C(Br)C21CCC2(CC1)OCCO2. The van der Waals surface area contributed by atoms with Gasteiger partial charge < -0.3 is 9.47 Å². The molecule has 4 rings (SSSR count). The molecular formula is C16H15BrClFO2. The highest BCUT2D eigenvalue weighted by Crippen LogP contribution is 2.57. The number of benzene rings is 1. The first-order valence-electron chi connectivity index (χ1n) is 7.20. The van der Waals surface area contributed by atoms with Crippen molar-refractivity contribution < 1.29 is 13.9 Å². The zero-order valence-electron chi connectivity index (χ0n) is 11.4. The van der Waals surface area contributed by atoms with Gasteiger partial charge in [-0.3, -0.25) is 0 Å². The molecule has 1 saturated heterocycles. The normalized spacial score (nSPS) is 25.4. The highest BCUT2D eigenvalue weighted by atomic mass is 79.9. The smallest absolute Gasteiger partial charge is 0.168 e. The van der Waals surface area contributed by atoms with E-state index in [2.05, 4.69) is 15.9 Å². The Kier molecular flexibility index (Phi) is 3.23. The van der Waals surface area contributed by atoms with Gasteiger partial charge in [0, 0.05) is 28.3 Å². The van der Waals surface area contributed by atoms with E-state index in [0.29, 0.717) is 13.2 Å². The molecule has 5 heteroatoms. The summed E-state index contributed by atoms with van der Waals surface area (Å²) >= 11 is 9.83. The van der Waals surface area contributed by atoms with Crippen molar-refractivity contribution in [2.45, 2.75) is 36.9 Å². The van der Waals surface area contributed by atoms with Gasteiger partial charge in [0.15, 0.2) is 5.79 Å². The molecule has 0 unspecified atom stereocenters. The molecule has 2 fully saturated rings. The van der Waals surface area contributed by atoms with Crippen LogP contribution in [-0.4, -0.2) is 19.0 Å². The summed E-state index contributed by atoms with van der Waals surface area (Å²) in [4.78, 5) is 0. The van der Waals surface area contributed by atoms with Crippen LogP contribution in [0.4, 0.5) is 4.39 Å². The van der Waals surface area contributed by atoms with E-state index in [1.165, 1.54) is 6.07 Å². The Morgan fingerprint density at radius 3 is 2.43 bits per heavy atom. The van der Waals surface area contributed by atoms with E-state index in [0.717, 1.165) is 41.3 Å². The van der Waals surface area contributed by atoms with E-state index < -0.39 is 5.79 Å². The molecule has 3 aliphatic rings. The zero-order chi connectivity index (χ0) is 14.7. The molecule has 0 atom stereocenters. The van der Waals surface area contributed by atoms with Gasteiger partial charge in [-0.25, -0.2) is 4.39 Å². The summed E-state index contributed by atoms with van der Waals surface area (Å²) < 4.78 is 26.4. The number of hydrogen-bond acceptors (Lipinski definition) is 2. The summed E-state index contributed by atoms with van der Waals surface area (Å²) in [5, 5.41) is 0.218. The molecule has 112 valence electrons. The van der Waals surface area contributed by atoms with Crippen molar-refractivity contribution in [2.75, 3.05) is 13.2 Å². The summed E-state index contributed by atoms with van der Waals surface area (Å²) in [6.45, 7) is 1.36. The molecule has 2 aliphatic carbocycles. The van der Waals surface area contributed by atoms with E-state index in [1.54, 1.807) is 0 Å². The van der Waals surface area contributed by atoms with Crippen LogP contribution in [0.3, 0.4) is 0 Å². The van der Waals surface area contributed by atoms with E-state index >= 15 is 0 Å². The van der Waals surface area contributed by atoms with Crippen LogP contribution >= 0.6 is 27.5 Å². The van der Waals surface area contributed by atoms with Gasteiger partial charge in [0.2, 0.25) is 0 Å². The Balaban J connectivity index is 1.72. The first-order valence-corrected chi connectivity index (χ1v) is 8.38. The van der Waals surface area contributed by atoms with Crippen LogP contribution in [0.5, 0.6) is 0 Å². The molecule has 0 aromatic heterocycles. The Hall–Kier alpha value is -0.420. The second-order valence-corrected chi connectivity index (χ2v) is 7.24. The van der Waals surface area contributed by atoms with Crippen LogP contribution in [0, 0.1) is 5.82 Å². The average molecular weight is 374 g/mol. The Bertz CT molecular complexity index is 627. The second-order valence-electron chi connectivity index (χ2n) is 6.00. The summed E-state index contributed by atoms with van der Waals surface area (Å²) in [7, 11) is 0. The monoisotopic (exact) mass is 372 g/mol. The minimum absolute atomic E-state index is 0.104.